The van der Waals surface area contributed by atoms with Gasteiger partial charge < -0.3 is 5.11 Å². The maximum atomic E-state index is 12.3. The van der Waals surface area contributed by atoms with Crippen molar-refractivity contribution < 1.29 is 18.3 Å². The number of hydrogen-bond donors (Lipinski definition) is 1. The number of nitrogens with zero attached hydrogens (tertiary/aromatic N) is 1. The number of aromatic carboxylic acids is 1. The van der Waals surface area contributed by atoms with Crippen molar-refractivity contribution in [2.75, 3.05) is 0 Å². The SMILES string of the molecule is N#Cc1cccc(CS(=O)(=O)c2cccc(C(=O)O)c2)c1. The topological polar surface area (TPSA) is 95.2 Å². The molecule has 0 unspecified atom stereocenters. The van der Waals surface area contributed by atoms with Gasteiger partial charge in [-0.15, -0.1) is 0 Å². The van der Waals surface area contributed by atoms with Crippen LogP contribution in [0.3, 0.4) is 0 Å². The first kappa shape index (κ1) is 14.8. The molecule has 0 aliphatic carbocycles. The Morgan fingerprint density at radius 2 is 1.86 bits per heavy atom. The second-order valence-corrected chi connectivity index (χ2v) is 6.39. The molecule has 2 rings (SSSR count). The molecule has 0 spiro atoms. The summed E-state index contributed by atoms with van der Waals surface area (Å²) < 4.78 is 24.6. The van der Waals surface area contributed by atoms with Crippen molar-refractivity contribution in [2.24, 2.45) is 0 Å². The Hall–Kier alpha value is -2.65. The summed E-state index contributed by atoms with van der Waals surface area (Å²) in [5, 5.41) is 17.7. The number of sulfone groups is 1. The largest absolute Gasteiger partial charge is 0.478 e. The molecule has 6 heteroatoms. The molecule has 0 bridgehead atoms. The fourth-order valence-electron chi connectivity index (χ4n) is 1.86. The van der Waals surface area contributed by atoms with Gasteiger partial charge in [-0.05, 0) is 35.9 Å². The normalized spacial score (nSPS) is 10.8. The summed E-state index contributed by atoms with van der Waals surface area (Å²) in [5.41, 5.74) is 0.776. The van der Waals surface area contributed by atoms with Gasteiger partial charge in [-0.1, -0.05) is 18.2 Å². The van der Waals surface area contributed by atoms with Crippen LogP contribution in [0.4, 0.5) is 0 Å². The molecule has 0 aliphatic heterocycles. The molecule has 0 fully saturated rings. The molecule has 1 N–H and O–H groups in total. The zero-order chi connectivity index (χ0) is 15.5. The summed E-state index contributed by atoms with van der Waals surface area (Å²) in [4.78, 5) is 10.8. The number of hydrogen-bond acceptors (Lipinski definition) is 4. The second kappa shape index (κ2) is 5.77. The highest BCUT2D eigenvalue weighted by Crippen LogP contribution is 2.18. The lowest BCUT2D eigenvalue weighted by Crippen LogP contribution is -2.07. The second-order valence-electron chi connectivity index (χ2n) is 4.40. The van der Waals surface area contributed by atoms with Crippen LogP contribution in [0.15, 0.2) is 53.4 Å². The summed E-state index contributed by atoms with van der Waals surface area (Å²) in [6, 6.07) is 13.5. The van der Waals surface area contributed by atoms with E-state index in [9.17, 15) is 13.2 Å². The molecule has 0 radical (unpaired) electrons. The van der Waals surface area contributed by atoms with E-state index >= 15 is 0 Å². The Morgan fingerprint density at radius 3 is 2.52 bits per heavy atom. The van der Waals surface area contributed by atoms with Crippen molar-refractivity contribution in [2.45, 2.75) is 10.6 Å². The van der Waals surface area contributed by atoms with E-state index in [-0.39, 0.29) is 16.2 Å². The molecule has 0 aliphatic rings. The van der Waals surface area contributed by atoms with Crippen molar-refractivity contribution in [3.05, 3.63) is 65.2 Å². The first-order valence-electron chi connectivity index (χ1n) is 5.97. The highest BCUT2D eigenvalue weighted by molar-refractivity contribution is 7.90. The number of nitriles is 1. The van der Waals surface area contributed by atoms with Gasteiger partial charge in [-0.2, -0.15) is 5.26 Å². The van der Waals surface area contributed by atoms with Crippen LogP contribution in [0, 0.1) is 11.3 Å². The molecule has 5 nitrogen and oxygen atoms in total. The van der Waals surface area contributed by atoms with Crippen molar-refractivity contribution in [1.82, 2.24) is 0 Å². The molecule has 106 valence electrons. The highest BCUT2D eigenvalue weighted by Gasteiger charge is 2.17. The van der Waals surface area contributed by atoms with E-state index in [1.807, 2.05) is 6.07 Å². The molecule has 2 aromatic rings. The maximum Gasteiger partial charge on any atom is 0.335 e. The molecule has 0 atom stereocenters. The standard InChI is InChI=1S/C15H11NO4S/c16-9-11-3-1-4-12(7-11)10-21(19,20)14-6-2-5-13(8-14)15(17)18/h1-8H,10H2,(H,17,18). The minimum atomic E-state index is -3.67. The molecule has 0 heterocycles. The quantitative estimate of drug-likeness (QED) is 0.934. The van der Waals surface area contributed by atoms with Crippen LogP contribution in [0.2, 0.25) is 0 Å². The Morgan fingerprint density at radius 1 is 1.14 bits per heavy atom. The van der Waals surface area contributed by atoms with Gasteiger partial charge in [0.1, 0.15) is 0 Å². The highest BCUT2D eigenvalue weighted by atomic mass is 32.2. The monoisotopic (exact) mass is 301 g/mol. The maximum absolute atomic E-state index is 12.3. The van der Waals surface area contributed by atoms with Gasteiger partial charge in [0.2, 0.25) is 0 Å². The van der Waals surface area contributed by atoms with Gasteiger partial charge in [0.05, 0.1) is 27.8 Å². The Kier molecular flexibility index (Phi) is 4.05. The summed E-state index contributed by atoms with van der Waals surface area (Å²) in [6.45, 7) is 0. The minimum Gasteiger partial charge on any atom is -0.478 e. The molecule has 0 saturated carbocycles. The van der Waals surface area contributed by atoms with Crippen LogP contribution in [0.5, 0.6) is 0 Å². The summed E-state index contributed by atoms with van der Waals surface area (Å²) in [6.07, 6.45) is 0. The molecule has 0 aromatic heterocycles. The van der Waals surface area contributed by atoms with Crippen molar-refractivity contribution >= 4 is 15.8 Å². The van der Waals surface area contributed by atoms with E-state index in [1.165, 1.54) is 24.3 Å². The van der Waals surface area contributed by atoms with E-state index in [2.05, 4.69) is 0 Å². The predicted molar refractivity (Wildman–Crippen MR) is 75.4 cm³/mol. The third kappa shape index (κ3) is 3.46. The molecule has 21 heavy (non-hydrogen) atoms. The van der Waals surface area contributed by atoms with Crippen LogP contribution in [0.25, 0.3) is 0 Å². The average molecular weight is 301 g/mol. The third-order valence-electron chi connectivity index (χ3n) is 2.85. The first-order valence-corrected chi connectivity index (χ1v) is 7.63. The number of benzene rings is 2. The van der Waals surface area contributed by atoms with Crippen LogP contribution >= 0.6 is 0 Å². The molecular formula is C15H11NO4S. The van der Waals surface area contributed by atoms with Gasteiger partial charge in [0, 0.05) is 0 Å². The van der Waals surface area contributed by atoms with E-state index < -0.39 is 15.8 Å². The van der Waals surface area contributed by atoms with Crippen LogP contribution in [-0.4, -0.2) is 19.5 Å². The minimum absolute atomic E-state index is 0.0511. The number of rotatable bonds is 4. The van der Waals surface area contributed by atoms with Gasteiger partial charge in [0.15, 0.2) is 9.84 Å². The molecule has 2 aromatic carbocycles. The lowest BCUT2D eigenvalue weighted by atomic mass is 10.2. The van der Waals surface area contributed by atoms with Crippen molar-refractivity contribution in [3.63, 3.8) is 0 Å². The Balaban J connectivity index is 2.36. The van der Waals surface area contributed by atoms with Crippen LogP contribution in [-0.2, 0) is 15.6 Å². The van der Waals surface area contributed by atoms with Crippen molar-refractivity contribution in [3.8, 4) is 6.07 Å². The van der Waals surface area contributed by atoms with Gasteiger partial charge >= 0.3 is 5.97 Å². The Bertz CT molecular complexity index is 835. The zero-order valence-corrected chi connectivity index (χ0v) is 11.7. The fraction of sp³-hybridized carbons (Fsp3) is 0.0667. The van der Waals surface area contributed by atoms with E-state index in [0.717, 1.165) is 6.07 Å². The molecular weight excluding hydrogens is 290 g/mol. The van der Waals surface area contributed by atoms with Crippen LogP contribution in [0.1, 0.15) is 21.5 Å². The van der Waals surface area contributed by atoms with Gasteiger partial charge in [0.25, 0.3) is 0 Å². The number of carbonyl (C=O) groups is 1. The number of carboxylic acid groups (broad SMARTS) is 1. The van der Waals surface area contributed by atoms with Crippen molar-refractivity contribution in [1.29, 1.82) is 5.26 Å². The smallest absolute Gasteiger partial charge is 0.335 e. The predicted octanol–water partition coefficient (Wildman–Crippen LogP) is 2.23. The lowest BCUT2D eigenvalue weighted by molar-refractivity contribution is 0.0696. The average Bonchev–Trinajstić information content (AvgIpc) is 2.47. The summed E-state index contributed by atoms with van der Waals surface area (Å²) in [5.74, 6) is -1.47. The van der Waals surface area contributed by atoms with E-state index in [0.29, 0.717) is 11.1 Å². The van der Waals surface area contributed by atoms with E-state index in [1.54, 1.807) is 18.2 Å². The van der Waals surface area contributed by atoms with Crippen LogP contribution < -0.4 is 0 Å². The lowest BCUT2D eigenvalue weighted by Gasteiger charge is -2.06. The molecule has 0 amide bonds. The number of carboxylic acids is 1. The third-order valence-corrected chi connectivity index (χ3v) is 4.54. The van der Waals surface area contributed by atoms with Gasteiger partial charge in [-0.3, -0.25) is 0 Å². The fourth-order valence-corrected chi connectivity index (χ4v) is 3.23. The first-order chi connectivity index (χ1) is 9.92. The molecule has 0 saturated heterocycles. The summed E-state index contributed by atoms with van der Waals surface area (Å²) in [7, 11) is -3.67. The van der Waals surface area contributed by atoms with E-state index in [4.69, 9.17) is 10.4 Å². The Labute approximate surface area is 122 Å². The zero-order valence-electron chi connectivity index (χ0n) is 10.9. The summed E-state index contributed by atoms with van der Waals surface area (Å²) >= 11 is 0. The van der Waals surface area contributed by atoms with Gasteiger partial charge in [-0.25, -0.2) is 13.2 Å².